The standard InChI is InChI=1S/C29H32N3O.ClHO4/c1-30(2)25-13-7-21(8-14-25)24-19-28(22-9-15-26(16-10-22)31(3)4)33-29(20-24)23-11-17-27(18-12-23)32(5)6;2-1(3,4)5/h7-20H,1-6H3;(H,2,3,4,5)/q+1;/p-1. The summed E-state index contributed by atoms with van der Waals surface area (Å²) in [4.78, 5) is 4.21. The van der Waals surface area contributed by atoms with Gasteiger partial charge in [-0.25, -0.2) is 23.2 Å². The van der Waals surface area contributed by atoms with Gasteiger partial charge in [-0.3, -0.25) is 0 Å². The van der Waals surface area contributed by atoms with Crippen molar-refractivity contribution in [1.82, 2.24) is 0 Å². The molecule has 0 saturated carbocycles. The zero-order chi connectivity index (χ0) is 28.0. The molecule has 0 aromatic heterocycles. The average molecular weight is 538 g/mol. The lowest BCUT2D eigenvalue weighted by molar-refractivity contribution is -2.00. The Morgan fingerprint density at radius 3 is 1.53 bits per heavy atom. The summed E-state index contributed by atoms with van der Waals surface area (Å²) in [7, 11) is 7.36. The molecule has 0 unspecified atom stereocenters. The van der Waals surface area contributed by atoms with Crippen LogP contribution in [0.5, 0.6) is 0 Å². The normalized spacial score (nSPS) is 14.7. The van der Waals surface area contributed by atoms with Gasteiger partial charge in [-0.2, -0.15) is 0 Å². The van der Waals surface area contributed by atoms with Crippen LogP contribution in [0.2, 0.25) is 0 Å². The van der Waals surface area contributed by atoms with E-state index in [2.05, 4.69) is 113 Å². The van der Waals surface area contributed by atoms with Crippen LogP contribution < -0.4 is 28.4 Å². The number of hydrogen-bond donors (Lipinski definition) is 0. The molecular formula is C29H32ClN3O5. The molecule has 0 bridgehead atoms. The Hall–Kier alpha value is -3.66. The maximum Gasteiger partial charge on any atom is 0.199 e. The van der Waals surface area contributed by atoms with Crippen molar-refractivity contribution in [2.75, 3.05) is 52.1 Å². The van der Waals surface area contributed by atoms with Crippen molar-refractivity contribution in [3.63, 3.8) is 0 Å². The van der Waals surface area contributed by atoms with E-state index in [-0.39, 0.29) is 0 Å². The van der Waals surface area contributed by atoms with Gasteiger partial charge in [-0.15, -0.1) is 10.2 Å². The van der Waals surface area contributed by atoms with Gasteiger partial charge in [-0.1, -0.05) is 12.1 Å². The second kappa shape index (κ2) is 12.3. The van der Waals surface area contributed by atoms with Gasteiger partial charge in [0, 0.05) is 62.9 Å². The molecule has 4 rings (SSSR count). The molecule has 0 N–H and O–H groups in total. The second-order valence-corrected chi connectivity index (χ2v) is 10.0. The molecule has 2 aromatic rings. The molecule has 1 aliphatic heterocycles. The fourth-order valence-electron chi connectivity index (χ4n) is 3.75. The number of hydrogen-bond acceptors (Lipinski definition) is 7. The smallest absolute Gasteiger partial charge is 0.199 e. The first kappa shape index (κ1) is 28.9. The van der Waals surface area contributed by atoms with Crippen LogP contribution in [-0.4, -0.2) is 52.6 Å². The summed E-state index contributed by atoms with van der Waals surface area (Å²) >= 11 is 0. The van der Waals surface area contributed by atoms with Gasteiger partial charge in [0.15, 0.2) is 5.71 Å². The molecule has 2 aromatic carbocycles. The van der Waals surface area contributed by atoms with E-state index in [0.717, 1.165) is 45.2 Å². The number of nitrogens with zero attached hydrogens (tertiary/aromatic N) is 3. The number of rotatable bonds is 4. The van der Waals surface area contributed by atoms with E-state index in [1.165, 1.54) is 5.69 Å². The Morgan fingerprint density at radius 2 is 1.11 bits per heavy atom. The van der Waals surface area contributed by atoms with Crippen molar-refractivity contribution in [2.24, 2.45) is 0 Å². The summed E-state index contributed by atoms with van der Waals surface area (Å²) in [6.07, 6.45) is 12.7. The third-order valence-electron chi connectivity index (χ3n) is 5.85. The molecule has 1 heterocycles. The summed E-state index contributed by atoms with van der Waals surface area (Å²) in [5.74, 6) is 1.70. The van der Waals surface area contributed by atoms with Gasteiger partial charge >= 0.3 is 0 Å². The van der Waals surface area contributed by atoms with Crippen LogP contribution >= 0.6 is 0 Å². The highest BCUT2D eigenvalue weighted by molar-refractivity contribution is 6.02. The average Bonchev–Trinajstić information content (AvgIpc) is 2.87. The lowest BCUT2D eigenvalue weighted by Gasteiger charge is -2.21. The summed E-state index contributed by atoms with van der Waals surface area (Å²) in [5, 5.41) is 0. The highest BCUT2D eigenvalue weighted by atomic mass is 35.7. The van der Waals surface area contributed by atoms with Crippen LogP contribution in [0.25, 0.3) is 11.3 Å². The predicted octanol–water partition coefficient (Wildman–Crippen LogP) is 0.611. The molecule has 0 amide bonds. The minimum atomic E-state index is -4.94. The molecule has 9 heteroatoms. The molecule has 38 heavy (non-hydrogen) atoms. The SMILES string of the molecule is CN(C)c1ccc(C2=CC(=C3C=CC(=[N+](C)C)C=C3)OC(c3ccc(N(C)C)cc3)=C2)cc1.[O-][Cl+3]([O-])([O-])[O-]. The first-order valence-electron chi connectivity index (χ1n) is 11.7. The second-order valence-electron chi connectivity index (χ2n) is 9.28. The van der Waals surface area contributed by atoms with E-state index in [4.69, 9.17) is 23.4 Å². The Morgan fingerprint density at radius 1 is 0.658 bits per heavy atom. The van der Waals surface area contributed by atoms with Gasteiger partial charge in [0.05, 0.1) is 0 Å². The number of ether oxygens (including phenoxy) is 1. The van der Waals surface area contributed by atoms with Crippen LogP contribution in [0.4, 0.5) is 11.4 Å². The maximum atomic E-state index is 8.49. The number of anilines is 2. The summed E-state index contributed by atoms with van der Waals surface area (Å²) < 4.78 is 42.5. The van der Waals surface area contributed by atoms with Gasteiger partial charge in [0.2, 0.25) is 0 Å². The van der Waals surface area contributed by atoms with Crippen LogP contribution in [0.1, 0.15) is 11.1 Å². The molecule has 8 nitrogen and oxygen atoms in total. The summed E-state index contributed by atoms with van der Waals surface area (Å²) in [5.41, 5.74) is 7.90. The van der Waals surface area contributed by atoms with Gasteiger partial charge < -0.3 is 14.5 Å². The number of allylic oxidation sites excluding steroid dienone is 8. The van der Waals surface area contributed by atoms with Crippen molar-refractivity contribution >= 4 is 28.4 Å². The molecule has 0 atom stereocenters. The molecule has 2 aliphatic rings. The molecule has 0 fully saturated rings. The maximum absolute atomic E-state index is 8.49. The van der Waals surface area contributed by atoms with Crippen molar-refractivity contribution in [2.45, 2.75) is 0 Å². The Labute approximate surface area is 226 Å². The third-order valence-corrected chi connectivity index (χ3v) is 5.85. The van der Waals surface area contributed by atoms with Crippen LogP contribution in [0.15, 0.2) is 96.3 Å². The molecule has 1 aliphatic carbocycles. The minimum absolute atomic E-state index is 0.848. The van der Waals surface area contributed by atoms with Crippen molar-refractivity contribution in [3.05, 3.63) is 107 Å². The highest BCUT2D eigenvalue weighted by Gasteiger charge is 2.18. The van der Waals surface area contributed by atoms with E-state index in [1.807, 2.05) is 28.2 Å². The lowest BCUT2D eigenvalue weighted by atomic mass is 9.98. The zero-order valence-corrected chi connectivity index (χ0v) is 23.1. The summed E-state index contributed by atoms with van der Waals surface area (Å²) in [6.45, 7) is 0. The molecule has 0 saturated heterocycles. The number of halogens is 1. The third kappa shape index (κ3) is 8.17. The Balaban J connectivity index is 0.000000732. The van der Waals surface area contributed by atoms with Crippen LogP contribution in [0.3, 0.4) is 0 Å². The van der Waals surface area contributed by atoms with E-state index in [0.29, 0.717) is 0 Å². The highest BCUT2D eigenvalue weighted by Crippen LogP contribution is 2.35. The molecular weight excluding hydrogens is 506 g/mol. The molecule has 200 valence electrons. The van der Waals surface area contributed by atoms with Gasteiger partial charge in [-0.05, 0) is 71.8 Å². The first-order chi connectivity index (χ1) is 17.8. The van der Waals surface area contributed by atoms with Crippen LogP contribution in [-0.2, 0) is 4.74 Å². The monoisotopic (exact) mass is 537 g/mol. The lowest BCUT2D eigenvalue weighted by Crippen LogP contribution is -2.68. The molecule has 0 spiro atoms. The Bertz CT molecular complexity index is 1300. The van der Waals surface area contributed by atoms with E-state index >= 15 is 0 Å². The largest absolute Gasteiger partial charge is 0.456 e. The van der Waals surface area contributed by atoms with E-state index in [9.17, 15) is 0 Å². The van der Waals surface area contributed by atoms with Crippen LogP contribution in [0, 0.1) is 10.2 Å². The molecule has 0 radical (unpaired) electrons. The van der Waals surface area contributed by atoms with Crippen molar-refractivity contribution < 1.29 is 38.2 Å². The predicted molar refractivity (Wildman–Crippen MR) is 141 cm³/mol. The number of benzene rings is 2. The van der Waals surface area contributed by atoms with Crippen molar-refractivity contribution in [3.8, 4) is 0 Å². The van der Waals surface area contributed by atoms with Gasteiger partial charge in [0.25, 0.3) is 0 Å². The topological polar surface area (TPSA) is 111 Å². The zero-order valence-electron chi connectivity index (χ0n) is 22.3. The van der Waals surface area contributed by atoms with Gasteiger partial charge in [0.1, 0.15) is 25.6 Å². The van der Waals surface area contributed by atoms with Crippen molar-refractivity contribution in [1.29, 1.82) is 0 Å². The Kier molecular flexibility index (Phi) is 9.32. The fraction of sp³-hybridized carbons (Fsp3) is 0.207. The van der Waals surface area contributed by atoms with E-state index in [1.54, 1.807) is 0 Å². The quantitative estimate of drug-likeness (QED) is 0.525. The summed E-state index contributed by atoms with van der Waals surface area (Å²) in [6, 6.07) is 17.1. The minimum Gasteiger partial charge on any atom is -0.456 e. The van der Waals surface area contributed by atoms with E-state index < -0.39 is 10.2 Å². The fourth-order valence-corrected chi connectivity index (χ4v) is 3.75. The first-order valence-corrected chi connectivity index (χ1v) is 13.0.